The smallest absolute Gasteiger partial charge is 0.315 e. The van der Waals surface area contributed by atoms with Crippen molar-refractivity contribution >= 4 is 23.2 Å². The van der Waals surface area contributed by atoms with Gasteiger partial charge in [0.25, 0.3) is 0 Å². The Morgan fingerprint density at radius 1 is 1.54 bits per heavy atom. The topological polar surface area (TPSA) is 67.2 Å². The van der Waals surface area contributed by atoms with Gasteiger partial charge in [0.1, 0.15) is 0 Å². The molecule has 76 valence electrons. The first-order valence-corrected chi connectivity index (χ1v) is 4.73. The number of hydrogen-bond donors (Lipinski definition) is 3. The number of hydrogen-bond acceptors (Lipinski definition) is 2. The van der Waals surface area contributed by atoms with E-state index in [0.29, 0.717) is 18.0 Å². The van der Waals surface area contributed by atoms with Crippen LogP contribution in [0.25, 0.3) is 0 Å². The Kier molecular flexibility index (Phi) is 4.69. The highest BCUT2D eigenvalue weighted by Crippen LogP contribution is 2.08. The third kappa shape index (κ3) is 3.59. The molecule has 0 bridgehead atoms. The molecule has 0 saturated heterocycles. The number of thiocarbonyl (C=S) groups is 1. The molecule has 1 unspecified atom stereocenters. The Hall–Kier alpha value is -0.840. The number of carbonyl (C=O) groups is 1. The minimum atomic E-state index is -0.589. The highest BCUT2D eigenvalue weighted by Gasteiger charge is 2.27. The van der Waals surface area contributed by atoms with Gasteiger partial charge in [0.05, 0.1) is 10.5 Å². The second-order valence-corrected chi connectivity index (χ2v) is 3.47. The lowest BCUT2D eigenvalue weighted by Crippen LogP contribution is -2.56. The van der Waals surface area contributed by atoms with Crippen molar-refractivity contribution in [2.75, 3.05) is 6.54 Å². The first-order chi connectivity index (χ1) is 5.96. The van der Waals surface area contributed by atoms with Crippen LogP contribution in [0.1, 0.15) is 27.2 Å². The summed E-state index contributed by atoms with van der Waals surface area (Å²) < 4.78 is 0. The Bertz CT molecular complexity index is 208. The van der Waals surface area contributed by atoms with Crippen molar-refractivity contribution in [1.82, 2.24) is 10.6 Å². The van der Waals surface area contributed by atoms with E-state index in [9.17, 15) is 4.79 Å². The summed E-state index contributed by atoms with van der Waals surface area (Å²) in [6, 6.07) is -0.236. The van der Waals surface area contributed by atoms with Crippen LogP contribution in [0.4, 0.5) is 4.79 Å². The van der Waals surface area contributed by atoms with Gasteiger partial charge in [-0.25, -0.2) is 4.79 Å². The minimum absolute atomic E-state index is 0.236. The average molecular weight is 203 g/mol. The van der Waals surface area contributed by atoms with Gasteiger partial charge in [-0.15, -0.1) is 0 Å². The number of amides is 2. The standard InChI is InChI=1S/C8H17N3OS/c1-4-8(3,6(9)13)11-7(12)10-5-2/h4-5H2,1-3H3,(H2,9,13)(H2,10,11,12). The second kappa shape index (κ2) is 5.01. The van der Waals surface area contributed by atoms with E-state index < -0.39 is 5.54 Å². The Morgan fingerprint density at radius 3 is 2.38 bits per heavy atom. The van der Waals surface area contributed by atoms with Gasteiger partial charge in [-0.05, 0) is 20.3 Å². The normalized spacial score (nSPS) is 14.4. The lowest BCUT2D eigenvalue weighted by molar-refractivity contribution is 0.234. The molecule has 2 amide bonds. The number of nitrogens with two attached hydrogens (primary N) is 1. The number of nitrogens with one attached hydrogen (secondary N) is 2. The van der Waals surface area contributed by atoms with Gasteiger partial charge < -0.3 is 16.4 Å². The number of rotatable bonds is 4. The molecular weight excluding hydrogens is 186 g/mol. The van der Waals surface area contributed by atoms with E-state index in [2.05, 4.69) is 10.6 Å². The fourth-order valence-electron chi connectivity index (χ4n) is 0.780. The van der Waals surface area contributed by atoms with E-state index >= 15 is 0 Å². The van der Waals surface area contributed by atoms with Gasteiger partial charge in [0.2, 0.25) is 0 Å². The predicted molar refractivity (Wildman–Crippen MR) is 57.7 cm³/mol. The predicted octanol–water partition coefficient (Wildman–Crippen LogP) is 0.760. The van der Waals surface area contributed by atoms with Crippen molar-refractivity contribution in [3.05, 3.63) is 0 Å². The molecule has 0 aromatic heterocycles. The monoisotopic (exact) mass is 203 g/mol. The first kappa shape index (κ1) is 12.2. The van der Waals surface area contributed by atoms with Crippen LogP contribution >= 0.6 is 12.2 Å². The lowest BCUT2D eigenvalue weighted by atomic mass is 9.99. The molecule has 0 aromatic carbocycles. The summed E-state index contributed by atoms with van der Waals surface area (Å²) in [5.41, 5.74) is 4.93. The van der Waals surface area contributed by atoms with Crippen molar-refractivity contribution in [2.24, 2.45) is 5.73 Å². The van der Waals surface area contributed by atoms with Crippen molar-refractivity contribution in [1.29, 1.82) is 0 Å². The summed E-state index contributed by atoms with van der Waals surface area (Å²) in [5.74, 6) is 0. The van der Waals surface area contributed by atoms with Crippen molar-refractivity contribution in [3.8, 4) is 0 Å². The highest BCUT2D eigenvalue weighted by molar-refractivity contribution is 7.80. The summed E-state index contributed by atoms with van der Waals surface area (Å²) in [6.07, 6.45) is 0.680. The molecule has 0 aromatic rings. The zero-order valence-corrected chi connectivity index (χ0v) is 9.12. The summed E-state index contributed by atoms with van der Waals surface area (Å²) in [4.78, 5) is 11.5. The molecule has 0 rings (SSSR count). The molecular formula is C8H17N3OS. The third-order valence-electron chi connectivity index (χ3n) is 1.98. The van der Waals surface area contributed by atoms with Gasteiger partial charge >= 0.3 is 6.03 Å². The van der Waals surface area contributed by atoms with Crippen LogP contribution in [0, 0.1) is 0 Å². The second-order valence-electron chi connectivity index (χ2n) is 3.03. The Morgan fingerprint density at radius 2 is 2.08 bits per heavy atom. The minimum Gasteiger partial charge on any atom is -0.391 e. The fourth-order valence-corrected chi connectivity index (χ4v) is 0.975. The molecule has 1 atom stereocenters. The summed E-state index contributed by atoms with van der Waals surface area (Å²) >= 11 is 4.87. The van der Waals surface area contributed by atoms with Gasteiger partial charge in [-0.3, -0.25) is 0 Å². The van der Waals surface area contributed by atoms with E-state index in [4.69, 9.17) is 18.0 Å². The molecule has 5 heteroatoms. The molecule has 4 nitrogen and oxygen atoms in total. The Balaban J connectivity index is 4.27. The Labute approximate surface area is 84.3 Å². The third-order valence-corrected chi connectivity index (χ3v) is 2.43. The van der Waals surface area contributed by atoms with E-state index in [1.54, 1.807) is 0 Å². The van der Waals surface area contributed by atoms with Crippen LogP contribution in [0.15, 0.2) is 0 Å². The maximum atomic E-state index is 11.2. The van der Waals surface area contributed by atoms with Crippen LogP contribution < -0.4 is 16.4 Å². The van der Waals surface area contributed by atoms with Gasteiger partial charge in [-0.1, -0.05) is 19.1 Å². The van der Waals surface area contributed by atoms with Crippen LogP contribution in [-0.2, 0) is 0 Å². The van der Waals surface area contributed by atoms with Crippen LogP contribution in [0.5, 0.6) is 0 Å². The van der Waals surface area contributed by atoms with E-state index in [1.807, 2.05) is 20.8 Å². The quantitative estimate of drug-likeness (QED) is 0.591. The molecule has 0 aliphatic heterocycles. The molecule has 0 heterocycles. The van der Waals surface area contributed by atoms with Gasteiger partial charge in [0, 0.05) is 6.54 Å². The summed E-state index contributed by atoms with van der Waals surface area (Å²) in [7, 11) is 0. The van der Waals surface area contributed by atoms with E-state index in [0.717, 1.165) is 0 Å². The maximum Gasteiger partial charge on any atom is 0.315 e. The zero-order valence-electron chi connectivity index (χ0n) is 8.31. The zero-order chi connectivity index (χ0) is 10.5. The lowest BCUT2D eigenvalue weighted by Gasteiger charge is -2.28. The largest absolute Gasteiger partial charge is 0.391 e. The van der Waals surface area contributed by atoms with E-state index in [1.165, 1.54) is 0 Å². The summed E-state index contributed by atoms with van der Waals surface area (Å²) in [5, 5.41) is 5.35. The SMILES string of the molecule is CCNC(=O)NC(C)(CC)C(N)=S. The molecule has 0 saturated carbocycles. The number of urea groups is 1. The molecule has 0 fully saturated rings. The number of carbonyl (C=O) groups excluding carboxylic acids is 1. The highest BCUT2D eigenvalue weighted by atomic mass is 32.1. The van der Waals surface area contributed by atoms with Gasteiger partial charge in [-0.2, -0.15) is 0 Å². The first-order valence-electron chi connectivity index (χ1n) is 4.32. The molecule has 0 radical (unpaired) electrons. The molecule has 0 spiro atoms. The van der Waals surface area contributed by atoms with Gasteiger partial charge in [0.15, 0.2) is 0 Å². The molecule has 13 heavy (non-hydrogen) atoms. The van der Waals surface area contributed by atoms with Crippen molar-refractivity contribution in [2.45, 2.75) is 32.7 Å². The van der Waals surface area contributed by atoms with Crippen molar-refractivity contribution in [3.63, 3.8) is 0 Å². The van der Waals surface area contributed by atoms with Crippen LogP contribution in [-0.4, -0.2) is 23.1 Å². The maximum absolute atomic E-state index is 11.2. The molecule has 4 N–H and O–H groups in total. The van der Waals surface area contributed by atoms with Crippen molar-refractivity contribution < 1.29 is 4.79 Å². The average Bonchev–Trinajstić information content (AvgIpc) is 2.04. The van der Waals surface area contributed by atoms with Crippen LogP contribution in [0.3, 0.4) is 0 Å². The van der Waals surface area contributed by atoms with Crippen LogP contribution in [0.2, 0.25) is 0 Å². The van der Waals surface area contributed by atoms with E-state index in [-0.39, 0.29) is 6.03 Å². The fraction of sp³-hybridized carbons (Fsp3) is 0.750. The molecule has 0 aliphatic rings. The summed E-state index contributed by atoms with van der Waals surface area (Å²) in [6.45, 7) is 6.17. The molecule has 0 aliphatic carbocycles.